The quantitative estimate of drug-likeness (QED) is 0.623. The van der Waals surface area contributed by atoms with Crippen LogP contribution < -0.4 is 10.0 Å². The third kappa shape index (κ3) is 5.04. The van der Waals surface area contributed by atoms with Crippen LogP contribution in [-0.4, -0.2) is 31.1 Å². The molecule has 2 heterocycles. The number of nitrogens with zero attached hydrogens (tertiary/aromatic N) is 2. The second-order valence-electron chi connectivity index (χ2n) is 7.86. The Kier molecular flexibility index (Phi) is 6.85. The third-order valence-corrected chi connectivity index (χ3v) is 7.24. The highest BCUT2D eigenvalue weighted by atomic mass is 32.2. The summed E-state index contributed by atoms with van der Waals surface area (Å²) in [6, 6.07) is 2.75. The summed E-state index contributed by atoms with van der Waals surface area (Å²) in [5, 5.41) is 11.5. The largest absolute Gasteiger partial charge is 0.404 e. The van der Waals surface area contributed by atoms with Gasteiger partial charge in [-0.05, 0) is 51.3 Å². The van der Waals surface area contributed by atoms with Crippen molar-refractivity contribution in [2.45, 2.75) is 63.2 Å². The predicted molar refractivity (Wildman–Crippen MR) is 112 cm³/mol. The van der Waals surface area contributed by atoms with E-state index in [4.69, 9.17) is 5.26 Å². The fraction of sp³-hybridized carbons (Fsp3) is 0.429. The second kappa shape index (κ2) is 9.15. The molecule has 7 nitrogen and oxygen atoms in total. The molecular weight excluding hydrogens is 464 g/mol. The van der Waals surface area contributed by atoms with Gasteiger partial charge < -0.3 is 9.88 Å². The van der Waals surface area contributed by atoms with E-state index in [9.17, 15) is 30.8 Å². The number of fused-ring (bicyclic) bond motifs is 1. The van der Waals surface area contributed by atoms with Crippen LogP contribution in [0.3, 0.4) is 0 Å². The van der Waals surface area contributed by atoms with E-state index >= 15 is 0 Å². The van der Waals surface area contributed by atoms with Crippen LogP contribution in [0.4, 0.5) is 23.2 Å². The zero-order valence-electron chi connectivity index (χ0n) is 17.9. The minimum atomic E-state index is -4.78. The SMILES string of the molecule is Cc1c(S(=O)(=O)NC(C)C(F)(F)F)c2n(c1C(=O)Nc1ccc(F)c(C#N)c1)CCCCC2. The zero-order chi connectivity index (χ0) is 24.6. The Morgan fingerprint density at radius 3 is 2.58 bits per heavy atom. The van der Waals surface area contributed by atoms with Crippen molar-refractivity contribution in [3.63, 3.8) is 0 Å². The molecule has 2 aromatic rings. The van der Waals surface area contributed by atoms with Gasteiger partial charge in [-0.1, -0.05) is 6.42 Å². The maximum absolute atomic E-state index is 13.6. The van der Waals surface area contributed by atoms with Crippen molar-refractivity contribution in [1.29, 1.82) is 5.26 Å². The molecule has 12 heteroatoms. The highest BCUT2D eigenvalue weighted by Gasteiger charge is 2.41. The lowest BCUT2D eigenvalue weighted by Gasteiger charge is -2.18. The van der Waals surface area contributed by atoms with Crippen molar-refractivity contribution < 1.29 is 30.8 Å². The molecule has 1 atom stereocenters. The molecule has 33 heavy (non-hydrogen) atoms. The zero-order valence-corrected chi connectivity index (χ0v) is 18.7. The first-order chi connectivity index (χ1) is 15.4. The number of alkyl halides is 3. The molecule has 0 fully saturated rings. The molecule has 3 rings (SSSR count). The number of amides is 1. The summed E-state index contributed by atoms with van der Waals surface area (Å²) >= 11 is 0. The monoisotopic (exact) mass is 486 g/mol. The molecule has 0 saturated carbocycles. The first-order valence-electron chi connectivity index (χ1n) is 10.2. The number of rotatable bonds is 5. The molecule has 0 spiro atoms. The summed E-state index contributed by atoms with van der Waals surface area (Å²) < 4.78 is 81.8. The first kappa shape index (κ1) is 24.7. The van der Waals surface area contributed by atoms with E-state index < -0.39 is 34.0 Å². The number of hydrogen-bond acceptors (Lipinski definition) is 4. The Morgan fingerprint density at radius 2 is 1.94 bits per heavy atom. The number of hydrogen-bond donors (Lipinski definition) is 2. The van der Waals surface area contributed by atoms with Crippen LogP contribution in [0.1, 0.15) is 53.5 Å². The van der Waals surface area contributed by atoms with Crippen molar-refractivity contribution in [2.75, 3.05) is 5.32 Å². The first-order valence-corrected chi connectivity index (χ1v) is 11.7. The third-order valence-electron chi connectivity index (χ3n) is 5.50. The van der Waals surface area contributed by atoms with Gasteiger partial charge >= 0.3 is 6.18 Å². The van der Waals surface area contributed by atoms with Gasteiger partial charge in [0.15, 0.2) is 0 Å². The van der Waals surface area contributed by atoms with Crippen molar-refractivity contribution in [3.05, 3.63) is 46.5 Å². The lowest BCUT2D eigenvalue weighted by Crippen LogP contribution is -2.43. The van der Waals surface area contributed by atoms with Crippen LogP contribution in [0.5, 0.6) is 0 Å². The number of nitriles is 1. The van der Waals surface area contributed by atoms with Crippen molar-refractivity contribution in [1.82, 2.24) is 9.29 Å². The van der Waals surface area contributed by atoms with Gasteiger partial charge in [0.25, 0.3) is 5.91 Å². The Balaban J connectivity index is 2.07. The Morgan fingerprint density at radius 1 is 1.24 bits per heavy atom. The molecular formula is C21H22F4N4O3S. The van der Waals surface area contributed by atoms with E-state index in [1.54, 1.807) is 10.8 Å². The van der Waals surface area contributed by atoms with Gasteiger partial charge in [-0.2, -0.15) is 23.2 Å². The van der Waals surface area contributed by atoms with Gasteiger partial charge in [-0.25, -0.2) is 12.8 Å². The second-order valence-corrected chi connectivity index (χ2v) is 9.51. The van der Waals surface area contributed by atoms with Crippen LogP contribution in [0.2, 0.25) is 0 Å². The maximum atomic E-state index is 13.6. The minimum Gasteiger partial charge on any atom is -0.339 e. The summed E-state index contributed by atoms with van der Waals surface area (Å²) in [7, 11) is -4.60. The summed E-state index contributed by atoms with van der Waals surface area (Å²) in [5.74, 6) is -1.47. The lowest BCUT2D eigenvalue weighted by molar-refractivity contribution is -0.147. The number of benzene rings is 1. The van der Waals surface area contributed by atoms with E-state index in [0.717, 1.165) is 18.6 Å². The lowest BCUT2D eigenvalue weighted by atomic mass is 10.1. The fourth-order valence-corrected chi connectivity index (χ4v) is 5.64. The number of halogens is 4. The number of carbonyl (C=O) groups is 1. The fourth-order valence-electron chi connectivity index (χ4n) is 3.91. The minimum absolute atomic E-state index is 0.00484. The summed E-state index contributed by atoms with van der Waals surface area (Å²) in [4.78, 5) is 12.8. The molecule has 2 N–H and O–H groups in total. The normalized spacial score (nSPS) is 15.3. The number of anilines is 1. The molecule has 1 aromatic heterocycles. The highest BCUT2D eigenvalue weighted by molar-refractivity contribution is 7.89. The van der Waals surface area contributed by atoms with Gasteiger partial charge in [0.2, 0.25) is 10.0 Å². The maximum Gasteiger partial charge on any atom is 0.404 e. The van der Waals surface area contributed by atoms with E-state index in [1.165, 1.54) is 17.6 Å². The molecule has 0 radical (unpaired) electrons. The number of aromatic nitrogens is 1. The van der Waals surface area contributed by atoms with Crippen molar-refractivity contribution in [3.8, 4) is 6.07 Å². The Bertz CT molecular complexity index is 1230. The molecule has 1 aromatic carbocycles. The van der Waals surface area contributed by atoms with E-state index in [2.05, 4.69) is 5.32 Å². The van der Waals surface area contributed by atoms with Gasteiger partial charge in [0.05, 0.1) is 5.56 Å². The predicted octanol–water partition coefficient (Wildman–Crippen LogP) is 4.02. The molecule has 0 aliphatic carbocycles. The molecule has 1 aliphatic rings. The molecule has 1 amide bonds. The Labute approximate surface area is 188 Å². The molecule has 1 unspecified atom stereocenters. The summed E-state index contributed by atoms with van der Waals surface area (Å²) in [6.07, 6.45) is -2.47. The van der Waals surface area contributed by atoms with Crippen molar-refractivity contribution in [2.24, 2.45) is 0 Å². The molecule has 178 valence electrons. The number of carbonyl (C=O) groups excluding carboxylic acids is 1. The topological polar surface area (TPSA) is 104 Å². The average molecular weight is 486 g/mol. The van der Waals surface area contributed by atoms with E-state index in [-0.39, 0.29) is 39.5 Å². The van der Waals surface area contributed by atoms with E-state index in [0.29, 0.717) is 26.3 Å². The van der Waals surface area contributed by atoms with Gasteiger partial charge in [0.1, 0.15) is 28.5 Å². The Hall–Kier alpha value is -2.91. The van der Waals surface area contributed by atoms with Gasteiger partial charge in [-0.3, -0.25) is 4.79 Å². The van der Waals surface area contributed by atoms with Crippen LogP contribution in [0, 0.1) is 24.1 Å². The number of nitrogens with one attached hydrogen (secondary N) is 2. The molecule has 0 saturated heterocycles. The highest BCUT2D eigenvalue weighted by Crippen LogP contribution is 2.33. The summed E-state index contributed by atoms with van der Waals surface area (Å²) in [6.45, 7) is 2.39. The standard InChI is InChI=1S/C21H22F4N4O3S/c1-12-18(20(30)27-15-7-8-16(22)14(10-15)11-26)29-9-5-3-4-6-17(29)19(12)33(31,32)28-13(2)21(23,24)25/h7-8,10,13,28H,3-6,9H2,1-2H3,(H,27,30). The van der Waals surface area contributed by atoms with Gasteiger partial charge in [0, 0.05) is 23.5 Å². The smallest absolute Gasteiger partial charge is 0.339 e. The molecule has 1 aliphatic heterocycles. The van der Waals surface area contributed by atoms with Crippen LogP contribution in [-0.2, 0) is 23.0 Å². The van der Waals surface area contributed by atoms with Gasteiger partial charge in [-0.15, -0.1) is 0 Å². The van der Waals surface area contributed by atoms with Crippen LogP contribution in [0.15, 0.2) is 23.1 Å². The van der Waals surface area contributed by atoms with E-state index in [1.807, 2.05) is 0 Å². The molecule has 0 bridgehead atoms. The van der Waals surface area contributed by atoms with Crippen LogP contribution in [0.25, 0.3) is 0 Å². The average Bonchev–Trinajstić information content (AvgIpc) is 2.84. The van der Waals surface area contributed by atoms with Crippen LogP contribution >= 0.6 is 0 Å². The van der Waals surface area contributed by atoms with Crippen molar-refractivity contribution >= 4 is 21.6 Å². The summed E-state index contributed by atoms with van der Waals surface area (Å²) in [5.41, 5.74) is 0.124. The number of sulfonamides is 1.